The van der Waals surface area contributed by atoms with Gasteiger partial charge in [0.2, 0.25) is 5.91 Å². The number of nitrogens with zero attached hydrogens (tertiary/aromatic N) is 2. The second-order valence-corrected chi connectivity index (χ2v) is 8.21. The summed E-state index contributed by atoms with van der Waals surface area (Å²) >= 11 is 0. The second-order valence-electron chi connectivity index (χ2n) is 8.21. The van der Waals surface area contributed by atoms with Crippen molar-refractivity contribution in [1.82, 2.24) is 9.80 Å². The normalized spacial score (nSPS) is 27.4. The average Bonchev–Trinajstić information content (AvgIpc) is 3.47. The number of carbonyl (C=O) groups is 1. The Morgan fingerprint density at radius 3 is 2.50 bits per heavy atom. The predicted molar refractivity (Wildman–Crippen MR) is 96.9 cm³/mol. The van der Waals surface area contributed by atoms with Crippen LogP contribution in [0.15, 0.2) is 30.3 Å². The fourth-order valence-electron chi connectivity index (χ4n) is 4.91. The minimum atomic E-state index is 0.333. The van der Waals surface area contributed by atoms with E-state index in [2.05, 4.69) is 40.1 Å². The van der Waals surface area contributed by atoms with E-state index in [4.69, 9.17) is 0 Å². The van der Waals surface area contributed by atoms with Crippen molar-refractivity contribution in [1.29, 1.82) is 0 Å². The molecule has 3 aliphatic rings. The number of benzene rings is 1. The molecule has 2 saturated heterocycles. The molecule has 0 N–H and O–H groups in total. The number of rotatable bonds is 3. The lowest BCUT2D eigenvalue weighted by molar-refractivity contribution is -0.134. The molecule has 0 unspecified atom stereocenters. The molecule has 130 valence electrons. The van der Waals surface area contributed by atoms with Gasteiger partial charge in [0.25, 0.3) is 0 Å². The molecule has 1 spiro atoms. The molecule has 0 bridgehead atoms. The molecule has 1 amide bonds. The Morgan fingerprint density at radius 2 is 1.88 bits per heavy atom. The summed E-state index contributed by atoms with van der Waals surface area (Å²) < 4.78 is 0. The highest BCUT2D eigenvalue weighted by molar-refractivity contribution is 5.75. The van der Waals surface area contributed by atoms with E-state index in [0.29, 0.717) is 23.7 Å². The molecule has 0 radical (unpaired) electrons. The van der Waals surface area contributed by atoms with E-state index in [0.717, 1.165) is 19.1 Å². The van der Waals surface area contributed by atoms with E-state index >= 15 is 0 Å². The molecule has 24 heavy (non-hydrogen) atoms. The van der Waals surface area contributed by atoms with Gasteiger partial charge in [-0.1, -0.05) is 37.3 Å². The molecule has 1 aromatic rings. The minimum absolute atomic E-state index is 0.333. The molecular weight excluding hydrogens is 296 g/mol. The number of amides is 1. The van der Waals surface area contributed by atoms with Crippen LogP contribution in [-0.4, -0.2) is 47.9 Å². The lowest BCUT2D eigenvalue weighted by atomic mass is 9.68. The number of piperidine rings is 2. The van der Waals surface area contributed by atoms with E-state index in [-0.39, 0.29) is 0 Å². The van der Waals surface area contributed by atoms with Crippen LogP contribution in [0.1, 0.15) is 56.9 Å². The van der Waals surface area contributed by atoms with E-state index in [9.17, 15) is 4.79 Å². The van der Waals surface area contributed by atoms with Crippen LogP contribution in [0, 0.1) is 5.41 Å². The summed E-state index contributed by atoms with van der Waals surface area (Å²) in [5.74, 6) is 0.994. The third-order valence-electron chi connectivity index (χ3n) is 6.49. The zero-order chi connectivity index (χ0) is 16.6. The Morgan fingerprint density at radius 1 is 1.17 bits per heavy atom. The molecule has 3 fully saturated rings. The maximum Gasteiger partial charge on any atom is 0.222 e. The highest BCUT2D eigenvalue weighted by Gasteiger charge is 2.45. The van der Waals surface area contributed by atoms with E-state index in [1.807, 2.05) is 6.92 Å². The molecule has 0 aromatic heterocycles. The van der Waals surface area contributed by atoms with Crippen molar-refractivity contribution < 1.29 is 4.79 Å². The second kappa shape index (κ2) is 6.51. The fraction of sp³-hybridized carbons (Fsp3) is 0.667. The van der Waals surface area contributed by atoms with Gasteiger partial charge in [-0.25, -0.2) is 0 Å². The Kier molecular flexibility index (Phi) is 4.38. The van der Waals surface area contributed by atoms with Crippen LogP contribution in [0.5, 0.6) is 0 Å². The molecule has 1 saturated carbocycles. The molecule has 1 atom stereocenters. The first-order valence-corrected chi connectivity index (χ1v) is 9.76. The van der Waals surface area contributed by atoms with Crippen LogP contribution in [0.25, 0.3) is 0 Å². The van der Waals surface area contributed by atoms with E-state index in [1.54, 1.807) is 0 Å². The molecule has 2 heterocycles. The van der Waals surface area contributed by atoms with E-state index in [1.165, 1.54) is 50.8 Å². The zero-order valence-corrected chi connectivity index (χ0v) is 14.9. The standard InChI is InChI=1S/C21H30N2O/c1-2-20(24)22-12-10-21(11-13-22)14-18(17-6-4-3-5-7-17)15-23(16-21)19-8-9-19/h3-7,18-19H,2,8-16H2,1H3/t18-/m0/s1. The molecule has 3 heteroatoms. The number of likely N-dealkylation sites (tertiary alicyclic amines) is 2. The summed E-state index contributed by atoms with van der Waals surface area (Å²) in [6.07, 6.45) is 7.09. The van der Waals surface area contributed by atoms with Gasteiger partial charge in [0.1, 0.15) is 0 Å². The first-order valence-electron chi connectivity index (χ1n) is 9.76. The van der Waals surface area contributed by atoms with Crippen molar-refractivity contribution in [3.05, 3.63) is 35.9 Å². The molecule has 1 aromatic carbocycles. The highest BCUT2D eigenvalue weighted by Crippen LogP contribution is 2.47. The molecular formula is C21H30N2O. The highest BCUT2D eigenvalue weighted by atomic mass is 16.2. The molecule has 4 rings (SSSR count). The van der Waals surface area contributed by atoms with E-state index < -0.39 is 0 Å². The first-order chi connectivity index (χ1) is 11.7. The smallest absolute Gasteiger partial charge is 0.222 e. The summed E-state index contributed by atoms with van der Waals surface area (Å²) in [7, 11) is 0. The summed E-state index contributed by atoms with van der Waals surface area (Å²) in [5.41, 5.74) is 1.93. The van der Waals surface area contributed by atoms with Crippen molar-refractivity contribution in [2.24, 2.45) is 5.41 Å². The summed E-state index contributed by atoms with van der Waals surface area (Å²) in [5, 5.41) is 0. The van der Waals surface area contributed by atoms with Crippen LogP contribution in [0.3, 0.4) is 0 Å². The van der Waals surface area contributed by atoms with Gasteiger partial charge < -0.3 is 4.90 Å². The maximum atomic E-state index is 12.0. The third kappa shape index (κ3) is 3.23. The van der Waals surface area contributed by atoms with Gasteiger partial charge in [0, 0.05) is 38.6 Å². The summed E-state index contributed by atoms with van der Waals surface area (Å²) in [4.78, 5) is 16.9. The fourth-order valence-corrected chi connectivity index (χ4v) is 4.91. The topological polar surface area (TPSA) is 23.6 Å². The number of hydrogen-bond acceptors (Lipinski definition) is 2. The first kappa shape index (κ1) is 16.1. The van der Waals surface area contributed by atoms with Crippen molar-refractivity contribution in [2.75, 3.05) is 26.2 Å². The van der Waals surface area contributed by atoms with Crippen LogP contribution < -0.4 is 0 Å². The summed E-state index contributed by atoms with van der Waals surface area (Å²) in [6, 6.07) is 11.9. The monoisotopic (exact) mass is 326 g/mol. The van der Waals surface area contributed by atoms with Crippen molar-refractivity contribution >= 4 is 5.91 Å². The molecule has 2 aliphatic heterocycles. The van der Waals surface area contributed by atoms with Gasteiger partial charge in [-0.3, -0.25) is 9.69 Å². The SMILES string of the molecule is CCC(=O)N1CCC2(CC1)C[C@H](c1ccccc1)CN(C1CC1)C2. The van der Waals surface area contributed by atoms with Gasteiger partial charge >= 0.3 is 0 Å². The van der Waals surface area contributed by atoms with Crippen LogP contribution in [0.4, 0.5) is 0 Å². The van der Waals surface area contributed by atoms with Crippen molar-refractivity contribution in [3.63, 3.8) is 0 Å². The zero-order valence-electron chi connectivity index (χ0n) is 14.9. The van der Waals surface area contributed by atoms with Crippen LogP contribution in [0.2, 0.25) is 0 Å². The Balaban J connectivity index is 1.51. The van der Waals surface area contributed by atoms with Gasteiger partial charge in [0.15, 0.2) is 0 Å². The third-order valence-corrected chi connectivity index (χ3v) is 6.49. The predicted octanol–water partition coefficient (Wildman–Crippen LogP) is 3.66. The Bertz CT molecular complexity index is 573. The lowest BCUT2D eigenvalue weighted by Gasteiger charge is -2.50. The lowest BCUT2D eigenvalue weighted by Crippen LogP contribution is -2.53. The van der Waals surface area contributed by atoms with Crippen LogP contribution in [-0.2, 0) is 4.79 Å². The Hall–Kier alpha value is -1.35. The van der Waals surface area contributed by atoms with Gasteiger partial charge in [0.05, 0.1) is 0 Å². The van der Waals surface area contributed by atoms with Crippen molar-refractivity contribution in [2.45, 2.75) is 57.4 Å². The number of hydrogen-bond donors (Lipinski definition) is 0. The molecule has 3 nitrogen and oxygen atoms in total. The largest absolute Gasteiger partial charge is 0.343 e. The maximum absolute atomic E-state index is 12.0. The summed E-state index contributed by atoms with van der Waals surface area (Å²) in [6.45, 7) is 6.40. The minimum Gasteiger partial charge on any atom is -0.343 e. The van der Waals surface area contributed by atoms with Crippen LogP contribution >= 0.6 is 0 Å². The average molecular weight is 326 g/mol. The van der Waals surface area contributed by atoms with Gasteiger partial charge in [-0.15, -0.1) is 0 Å². The number of carbonyl (C=O) groups excluding carboxylic acids is 1. The van der Waals surface area contributed by atoms with Crippen molar-refractivity contribution in [3.8, 4) is 0 Å². The van der Waals surface area contributed by atoms with Gasteiger partial charge in [-0.05, 0) is 49.0 Å². The quantitative estimate of drug-likeness (QED) is 0.846. The van der Waals surface area contributed by atoms with Gasteiger partial charge in [-0.2, -0.15) is 0 Å². The molecule has 1 aliphatic carbocycles. The Labute approximate surface area is 146 Å².